The minimum atomic E-state index is -0.532. The van der Waals surface area contributed by atoms with Gasteiger partial charge >= 0.3 is 6.03 Å². The van der Waals surface area contributed by atoms with E-state index in [1.54, 1.807) is 12.4 Å². The molecule has 2 aromatic heterocycles. The first kappa shape index (κ1) is 15.4. The third-order valence-corrected chi connectivity index (χ3v) is 4.92. The molecule has 1 atom stereocenters. The molecule has 1 aliphatic heterocycles. The number of carbonyl (C=O) groups excluding carboxylic acids is 2. The van der Waals surface area contributed by atoms with E-state index in [0.717, 1.165) is 22.6 Å². The second kappa shape index (κ2) is 6.33. The molecule has 0 saturated carbocycles. The van der Waals surface area contributed by atoms with Crippen molar-refractivity contribution in [3.63, 3.8) is 0 Å². The van der Waals surface area contributed by atoms with Gasteiger partial charge in [0.05, 0.1) is 10.6 Å². The Morgan fingerprint density at radius 1 is 1.39 bits per heavy atom. The van der Waals surface area contributed by atoms with E-state index in [1.807, 2.05) is 19.1 Å². The number of pyridine rings is 1. The van der Waals surface area contributed by atoms with Crippen LogP contribution in [0.1, 0.15) is 18.5 Å². The number of rotatable bonds is 3. The average molecular weight is 331 g/mol. The van der Waals surface area contributed by atoms with Crippen LogP contribution in [0.25, 0.3) is 10.4 Å². The number of nitrogens with one attached hydrogen (secondary N) is 1. The zero-order chi connectivity index (χ0) is 16.4. The van der Waals surface area contributed by atoms with Crippen molar-refractivity contribution in [1.82, 2.24) is 14.9 Å². The number of anilines is 1. The summed E-state index contributed by atoms with van der Waals surface area (Å²) >= 11 is 1.40. The number of carbonyl (C=O) groups is 2. The molecule has 23 heavy (non-hydrogen) atoms. The maximum absolute atomic E-state index is 12.4. The number of aromatic nitrogens is 2. The average Bonchev–Trinajstić information content (AvgIpc) is 3.15. The van der Waals surface area contributed by atoms with E-state index < -0.39 is 11.9 Å². The first-order chi connectivity index (χ1) is 11.1. The Balaban J connectivity index is 1.76. The van der Waals surface area contributed by atoms with Gasteiger partial charge in [-0.3, -0.25) is 15.1 Å². The first-order valence-electron chi connectivity index (χ1n) is 7.31. The molecule has 8 heteroatoms. The van der Waals surface area contributed by atoms with Crippen molar-refractivity contribution < 1.29 is 9.59 Å². The number of amides is 3. The number of urea groups is 1. The second-order valence-corrected chi connectivity index (χ2v) is 6.35. The Morgan fingerprint density at radius 2 is 2.13 bits per heavy atom. The number of hydrogen-bond donors (Lipinski definition) is 2. The fourth-order valence-electron chi connectivity index (χ4n) is 2.69. The predicted octanol–water partition coefficient (Wildman–Crippen LogP) is 2.00. The number of primary amides is 1. The van der Waals surface area contributed by atoms with E-state index in [1.165, 1.54) is 16.2 Å². The number of hydrogen-bond acceptors (Lipinski definition) is 5. The van der Waals surface area contributed by atoms with Gasteiger partial charge < -0.3 is 10.6 Å². The fourth-order valence-corrected chi connectivity index (χ4v) is 3.65. The van der Waals surface area contributed by atoms with Gasteiger partial charge in [-0.2, -0.15) is 0 Å². The minimum Gasteiger partial charge on any atom is -0.368 e. The lowest BCUT2D eigenvalue weighted by atomic mass is 10.2. The first-order valence-corrected chi connectivity index (χ1v) is 8.12. The zero-order valence-corrected chi connectivity index (χ0v) is 13.5. The smallest absolute Gasteiger partial charge is 0.324 e. The summed E-state index contributed by atoms with van der Waals surface area (Å²) in [5.74, 6) is -0.467. The molecule has 0 aromatic carbocycles. The van der Waals surface area contributed by atoms with Crippen LogP contribution in [0, 0.1) is 6.92 Å². The standard InChI is InChI=1S/C15H17N5O2S/c1-9-12(10-4-6-17-7-5-10)23-14(18-9)19-15(22)20-8-2-3-11(20)13(16)21/h4-7,11H,2-3,8H2,1H3,(H2,16,21)(H,18,19,22). The normalized spacial score (nSPS) is 17.3. The SMILES string of the molecule is Cc1nc(NC(=O)N2CCCC2C(N)=O)sc1-c1ccncc1. The molecule has 0 spiro atoms. The van der Waals surface area contributed by atoms with Crippen molar-refractivity contribution in [3.8, 4) is 10.4 Å². The highest BCUT2D eigenvalue weighted by Crippen LogP contribution is 2.32. The van der Waals surface area contributed by atoms with Crippen molar-refractivity contribution >= 4 is 28.4 Å². The maximum atomic E-state index is 12.4. The van der Waals surface area contributed by atoms with Crippen LogP contribution in [-0.4, -0.2) is 39.4 Å². The Kier molecular flexibility index (Phi) is 4.24. The van der Waals surface area contributed by atoms with Gasteiger partial charge in [-0.1, -0.05) is 11.3 Å². The monoisotopic (exact) mass is 331 g/mol. The lowest BCUT2D eigenvalue weighted by molar-refractivity contribution is -0.121. The van der Waals surface area contributed by atoms with E-state index >= 15 is 0 Å². The summed E-state index contributed by atoms with van der Waals surface area (Å²) in [6.45, 7) is 2.42. The van der Waals surface area contributed by atoms with Crippen molar-refractivity contribution in [2.75, 3.05) is 11.9 Å². The number of nitrogens with zero attached hydrogens (tertiary/aromatic N) is 3. The number of aryl methyl sites for hydroxylation is 1. The van der Waals surface area contributed by atoms with Gasteiger partial charge in [0.1, 0.15) is 6.04 Å². The highest BCUT2D eigenvalue weighted by molar-refractivity contribution is 7.19. The summed E-state index contributed by atoms with van der Waals surface area (Å²) < 4.78 is 0. The molecule has 0 bridgehead atoms. The Morgan fingerprint density at radius 3 is 2.83 bits per heavy atom. The van der Waals surface area contributed by atoms with Crippen LogP contribution < -0.4 is 11.1 Å². The van der Waals surface area contributed by atoms with E-state index in [9.17, 15) is 9.59 Å². The molecule has 3 rings (SSSR count). The molecule has 7 nitrogen and oxygen atoms in total. The van der Waals surface area contributed by atoms with Gasteiger partial charge in [-0.05, 0) is 37.5 Å². The summed E-state index contributed by atoms with van der Waals surface area (Å²) in [4.78, 5) is 34.6. The van der Waals surface area contributed by atoms with Crippen LogP contribution in [-0.2, 0) is 4.79 Å². The Bertz CT molecular complexity index is 731. The van der Waals surface area contributed by atoms with Gasteiger partial charge in [-0.25, -0.2) is 9.78 Å². The van der Waals surface area contributed by atoms with Gasteiger partial charge in [0.2, 0.25) is 5.91 Å². The summed E-state index contributed by atoms with van der Waals surface area (Å²) in [6, 6.07) is 2.93. The molecule has 120 valence electrons. The zero-order valence-electron chi connectivity index (χ0n) is 12.7. The second-order valence-electron chi connectivity index (χ2n) is 5.35. The molecule has 0 radical (unpaired) electrons. The van der Waals surface area contributed by atoms with Gasteiger partial charge in [0.25, 0.3) is 0 Å². The lowest BCUT2D eigenvalue weighted by Gasteiger charge is -2.21. The number of likely N-dealkylation sites (tertiary alicyclic amines) is 1. The van der Waals surface area contributed by atoms with Crippen LogP contribution in [0.5, 0.6) is 0 Å². The molecule has 3 N–H and O–H groups in total. The molecule has 0 aliphatic carbocycles. The van der Waals surface area contributed by atoms with E-state index in [0.29, 0.717) is 18.1 Å². The Hall–Kier alpha value is -2.48. The topological polar surface area (TPSA) is 101 Å². The number of thiazole rings is 1. The number of nitrogens with two attached hydrogens (primary N) is 1. The third kappa shape index (κ3) is 3.16. The van der Waals surface area contributed by atoms with Crippen LogP contribution in [0.3, 0.4) is 0 Å². The van der Waals surface area contributed by atoms with Crippen molar-refractivity contribution in [1.29, 1.82) is 0 Å². The van der Waals surface area contributed by atoms with E-state index in [4.69, 9.17) is 5.73 Å². The van der Waals surface area contributed by atoms with E-state index in [2.05, 4.69) is 15.3 Å². The van der Waals surface area contributed by atoms with Crippen molar-refractivity contribution in [3.05, 3.63) is 30.2 Å². The van der Waals surface area contributed by atoms with Crippen molar-refractivity contribution in [2.24, 2.45) is 5.73 Å². The van der Waals surface area contributed by atoms with Gasteiger partial charge in [0.15, 0.2) is 5.13 Å². The maximum Gasteiger partial charge on any atom is 0.324 e. The van der Waals surface area contributed by atoms with Gasteiger partial charge in [0, 0.05) is 18.9 Å². The van der Waals surface area contributed by atoms with Crippen LogP contribution >= 0.6 is 11.3 Å². The summed E-state index contributed by atoms with van der Waals surface area (Å²) in [5.41, 5.74) is 7.19. The predicted molar refractivity (Wildman–Crippen MR) is 88.0 cm³/mol. The molecule has 2 aromatic rings. The van der Waals surface area contributed by atoms with E-state index in [-0.39, 0.29) is 6.03 Å². The third-order valence-electron chi connectivity index (χ3n) is 3.80. The van der Waals surface area contributed by atoms with Crippen LogP contribution in [0.4, 0.5) is 9.93 Å². The molecule has 1 fully saturated rings. The molecule has 1 saturated heterocycles. The Labute approximate surface area is 137 Å². The van der Waals surface area contributed by atoms with Crippen molar-refractivity contribution in [2.45, 2.75) is 25.8 Å². The summed E-state index contributed by atoms with van der Waals surface area (Å²) in [5, 5.41) is 3.28. The fraction of sp³-hybridized carbons (Fsp3) is 0.333. The molecular weight excluding hydrogens is 314 g/mol. The van der Waals surface area contributed by atoms with Gasteiger partial charge in [-0.15, -0.1) is 0 Å². The van der Waals surface area contributed by atoms with Crippen LogP contribution in [0.15, 0.2) is 24.5 Å². The summed E-state index contributed by atoms with van der Waals surface area (Å²) in [7, 11) is 0. The highest BCUT2D eigenvalue weighted by atomic mass is 32.1. The molecule has 1 aliphatic rings. The highest BCUT2D eigenvalue weighted by Gasteiger charge is 2.33. The molecular formula is C15H17N5O2S. The lowest BCUT2D eigenvalue weighted by Crippen LogP contribution is -2.45. The summed E-state index contributed by atoms with van der Waals surface area (Å²) in [6.07, 6.45) is 4.82. The molecule has 3 heterocycles. The largest absolute Gasteiger partial charge is 0.368 e. The minimum absolute atomic E-state index is 0.332. The molecule has 1 unspecified atom stereocenters. The quantitative estimate of drug-likeness (QED) is 0.898. The molecule has 3 amide bonds. The van der Waals surface area contributed by atoms with Crippen LogP contribution in [0.2, 0.25) is 0 Å².